The minimum Gasteiger partial charge on any atom is -0.385 e. The normalized spacial score (nSPS) is 17.8. The summed E-state index contributed by atoms with van der Waals surface area (Å²) in [6.07, 6.45) is 2.85. The Morgan fingerprint density at radius 2 is 2.29 bits per heavy atom. The van der Waals surface area contributed by atoms with Crippen molar-refractivity contribution in [2.45, 2.75) is 39.2 Å². The van der Waals surface area contributed by atoms with Crippen LogP contribution in [0.1, 0.15) is 43.5 Å². The number of benzene rings is 1. The molecule has 1 unspecified atom stereocenters. The van der Waals surface area contributed by atoms with E-state index in [-0.39, 0.29) is 23.2 Å². The van der Waals surface area contributed by atoms with Crippen molar-refractivity contribution in [1.29, 1.82) is 0 Å². The molecule has 1 fully saturated rings. The summed E-state index contributed by atoms with van der Waals surface area (Å²) < 4.78 is 0. The molecule has 0 spiro atoms. The monoisotopic (exact) mass is 291 g/mol. The van der Waals surface area contributed by atoms with Crippen molar-refractivity contribution in [3.8, 4) is 0 Å². The molecule has 21 heavy (non-hydrogen) atoms. The van der Waals surface area contributed by atoms with Crippen molar-refractivity contribution in [2.75, 3.05) is 18.4 Å². The standard InChI is InChI=1S/C15H21N3O3/c1-3-8-16-12-6-7-14(18(20)21)13(10-12)15(19)17-9-4-5-11(17)2/h6-7,10-11,16H,3-5,8-9H2,1-2H3. The van der Waals surface area contributed by atoms with Gasteiger partial charge in [0, 0.05) is 30.9 Å². The second-order valence-corrected chi connectivity index (χ2v) is 5.41. The van der Waals surface area contributed by atoms with Crippen LogP contribution in [0.3, 0.4) is 0 Å². The molecule has 1 atom stereocenters. The van der Waals surface area contributed by atoms with Crippen molar-refractivity contribution >= 4 is 17.3 Å². The highest BCUT2D eigenvalue weighted by atomic mass is 16.6. The fourth-order valence-electron chi connectivity index (χ4n) is 2.64. The first kappa shape index (κ1) is 15.3. The van der Waals surface area contributed by atoms with Crippen molar-refractivity contribution in [3.63, 3.8) is 0 Å². The van der Waals surface area contributed by atoms with Crippen LogP contribution >= 0.6 is 0 Å². The molecule has 6 nitrogen and oxygen atoms in total. The van der Waals surface area contributed by atoms with Gasteiger partial charge in [0.25, 0.3) is 11.6 Å². The number of carbonyl (C=O) groups is 1. The molecule has 0 radical (unpaired) electrons. The second-order valence-electron chi connectivity index (χ2n) is 5.41. The average Bonchev–Trinajstić information content (AvgIpc) is 2.90. The Balaban J connectivity index is 2.33. The lowest BCUT2D eigenvalue weighted by atomic mass is 10.1. The van der Waals surface area contributed by atoms with Gasteiger partial charge < -0.3 is 10.2 Å². The van der Waals surface area contributed by atoms with Gasteiger partial charge in [-0.3, -0.25) is 14.9 Å². The van der Waals surface area contributed by atoms with E-state index in [4.69, 9.17) is 0 Å². The molecule has 0 aliphatic carbocycles. The third kappa shape index (κ3) is 3.32. The molecular weight excluding hydrogens is 270 g/mol. The number of amides is 1. The topological polar surface area (TPSA) is 75.5 Å². The molecule has 1 aliphatic rings. The summed E-state index contributed by atoms with van der Waals surface area (Å²) in [6.45, 7) is 5.46. The van der Waals surface area contributed by atoms with Gasteiger partial charge in [-0.15, -0.1) is 0 Å². The minimum atomic E-state index is -0.489. The predicted octanol–water partition coefficient (Wildman–Crippen LogP) is 3.04. The fraction of sp³-hybridized carbons (Fsp3) is 0.533. The SMILES string of the molecule is CCCNc1ccc([N+](=O)[O-])c(C(=O)N2CCCC2C)c1. The smallest absolute Gasteiger partial charge is 0.282 e. The van der Waals surface area contributed by atoms with Crippen LogP contribution in [0.5, 0.6) is 0 Å². The highest BCUT2D eigenvalue weighted by Crippen LogP contribution is 2.27. The average molecular weight is 291 g/mol. The van der Waals surface area contributed by atoms with E-state index in [1.54, 1.807) is 17.0 Å². The largest absolute Gasteiger partial charge is 0.385 e. The first-order chi connectivity index (χ1) is 10.0. The molecule has 1 aromatic carbocycles. The van der Waals surface area contributed by atoms with Gasteiger partial charge in [-0.25, -0.2) is 0 Å². The molecule has 0 bridgehead atoms. The first-order valence-corrected chi connectivity index (χ1v) is 7.38. The number of hydrogen-bond donors (Lipinski definition) is 1. The van der Waals surface area contributed by atoms with Crippen LogP contribution in [0.4, 0.5) is 11.4 Å². The van der Waals surface area contributed by atoms with Crippen molar-refractivity contribution in [2.24, 2.45) is 0 Å². The van der Waals surface area contributed by atoms with Gasteiger partial charge in [0.1, 0.15) is 5.56 Å². The van der Waals surface area contributed by atoms with E-state index in [0.717, 1.165) is 31.5 Å². The lowest BCUT2D eigenvalue weighted by Crippen LogP contribution is -2.34. The van der Waals surface area contributed by atoms with Crippen LogP contribution in [0, 0.1) is 10.1 Å². The molecular formula is C15H21N3O3. The molecule has 0 saturated carbocycles. The number of nitrogens with one attached hydrogen (secondary N) is 1. The van der Waals surface area contributed by atoms with E-state index in [2.05, 4.69) is 5.32 Å². The minimum absolute atomic E-state index is 0.124. The second kappa shape index (κ2) is 6.56. The van der Waals surface area contributed by atoms with E-state index in [0.29, 0.717) is 6.54 Å². The Morgan fingerprint density at radius 3 is 2.86 bits per heavy atom. The van der Waals surface area contributed by atoms with E-state index in [9.17, 15) is 14.9 Å². The van der Waals surface area contributed by atoms with E-state index in [1.807, 2.05) is 13.8 Å². The zero-order valence-electron chi connectivity index (χ0n) is 12.5. The number of nitrogens with zero attached hydrogens (tertiary/aromatic N) is 2. The molecule has 1 amide bonds. The molecule has 1 aromatic rings. The van der Waals surface area contributed by atoms with E-state index in [1.165, 1.54) is 6.07 Å². The predicted molar refractivity (Wildman–Crippen MR) is 81.6 cm³/mol. The van der Waals surface area contributed by atoms with Crippen LogP contribution < -0.4 is 5.32 Å². The van der Waals surface area contributed by atoms with E-state index < -0.39 is 4.92 Å². The number of anilines is 1. The Hall–Kier alpha value is -2.11. The number of rotatable bonds is 5. The van der Waals surface area contributed by atoms with Crippen molar-refractivity contribution in [3.05, 3.63) is 33.9 Å². The van der Waals surface area contributed by atoms with Gasteiger partial charge in [-0.05, 0) is 38.3 Å². The molecule has 0 aromatic heterocycles. The number of likely N-dealkylation sites (tertiary alicyclic amines) is 1. The Labute approximate surface area is 124 Å². The first-order valence-electron chi connectivity index (χ1n) is 7.38. The molecule has 114 valence electrons. The Kier molecular flexibility index (Phi) is 4.77. The van der Waals surface area contributed by atoms with Gasteiger partial charge >= 0.3 is 0 Å². The van der Waals surface area contributed by atoms with Crippen LogP contribution in [-0.4, -0.2) is 34.9 Å². The van der Waals surface area contributed by atoms with Gasteiger partial charge in [-0.1, -0.05) is 6.92 Å². The molecule has 1 saturated heterocycles. The maximum atomic E-state index is 12.6. The van der Waals surface area contributed by atoms with Crippen LogP contribution in [0.25, 0.3) is 0 Å². The van der Waals surface area contributed by atoms with Crippen molar-refractivity contribution in [1.82, 2.24) is 4.90 Å². The lowest BCUT2D eigenvalue weighted by molar-refractivity contribution is -0.385. The maximum absolute atomic E-state index is 12.6. The molecule has 1 aliphatic heterocycles. The van der Waals surface area contributed by atoms with Crippen molar-refractivity contribution < 1.29 is 9.72 Å². The molecule has 1 N–H and O–H groups in total. The van der Waals surface area contributed by atoms with E-state index >= 15 is 0 Å². The number of nitro groups is 1. The molecule has 1 heterocycles. The van der Waals surface area contributed by atoms with Gasteiger partial charge in [0.15, 0.2) is 0 Å². The Morgan fingerprint density at radius 1 is 1.52 bits per heavy atom. The molecule has 2 rings (SSSR count). The zero-order valence-corrected chi connectivity index (χ0v) is 12.5. The maximum Gasteiger partial charge on any atom is 0.282 e. The summed E-state index contributed by atoms with van der Waals surface area (Å²) in [6, 6.07) is 4.80. The number of carbonyl (C=O) groups excluding carboxylic acids is 1. The third-order valence-electron chi connectivity index (χ3n) is 3.82. The summed E-state index contributed by atoms with van der Waals surface area (Å²) in [4.78, 5) is 25.0. The summed E-state index contributed by atoms with van der Waals surface area (Å²) >= 11 is 0. The Bertz CT molecular complexity index is 545. The quantitative estimate of drug-likeness (QED) is 0.668. The summed E-state index contributed by atoms with van der Waals surface area (Å²) in [7, 11) is 0. The van der Waals surface area contributed by atoms with Gasteiger partial charge in [-0.2, -0.15) is 0 Å². The highest BCUT2D eigenvalue weighted by molar-refractivity contribution is 5.99. The lowest BCUT2D eigenvalue weighted by Gasteiger charge is -2.21. The zero-order chi connectivity index (χ0) is 15.4. The van der Waals surface area contributed by atoms with Crippen LogP contribution in [-0.2, 0) is 0 Å². The van der Waals surface area contributed by atoms with Gasteiger partial charge in [0.05, 0.1) is 4.92 Å². The van der Waals surface area contributed by atoms with Gasteiger partial charge in [0.2, 0.25) is 0 Å². The number of hydrogen-bond acceptors (Lipinski definition) is 4. The molecule has 6 heteroatoms. The fourth-order valence-corrected chi connectivity index (χ4v) is 2.64. The number of nitro benzene ring substituents is 1. The summed E-state index contributed by atoms with van der Waals surface area (Å²) in [5, 5.41) is 14.3. The van der Waals surface area contributed by atoms with Crippen LogP contribution in [0.15, 0.2) is 18.2 Å². The highest BCUT2D eigenvalue weighted by Gasteiger charge is 2.30. The third-order valence-corrected chi connectivity index (χ3v) is 3.82. The summed E-state index contributed by atoms with van der Waals surface area (Å²) in [5.74, 6) is -0.244. The van der Waals surface area contributed by atoms with Crippen LogP contribution in [0.2, 0.25) is 0 Å². The summed E-state index contributed by atoms with van der Waals surface area (Å²) in [5.41, 5.74) is 0.800.